The number of ether oxygens (including phenoxy) is 2. The Labute approximate surface area is 151 Å². The van der Waals surface area contributed by atoms with Crippen LogP contribution >= 0.6 is 11.6 Å². The Bertz CT molecular complexity index is 776. The molecule has 0 bridgehead atoms. The van der Waals surface area contributed by atoms with Crippen LogP contribution in [0.25, 0.3) is 0 Å². The number of benzene rings is 2. The first-order valence-corrected chi connectivity index (χ1v) is 8.25. The summed E-state index contributed by atoms with van der Waals surface area (Å²) in [6, 6.07) is 12.1. The van der Waals surface area contributed by atoms with Gasteiger partial charge in [0.15, 0.2) is 6.10 Å². The van der Waals surface area contributed by atoms with E-state index in [1.54, 1.807) is 6.07 Å². The second-order valence-electron chi connectivity index (χ2n) is 5.46. The maximum absolute atomic E-state index is 12.5. The van der Waals surface area contributed by atoms with Crippen molar-refractivity contribution in [3.63, 3.8) is 0 Å². The number of carbonyl (C=O) groups excluding carboxylic acids is 2. The zero-order valence-electron chi connectivity index (χ0n) is 14.3. The molecule has 0 aliphatic carbocycles. The summed E-state index contributed by atoms with van der Waals surface area (Å²) in [4.78, 5) is 24.2. The molecule has 0 saturated carbocycles. The average Bonchev–Trinajstić information content (AvgIpc) is 2.61. The number of methoxy groups -OCH3 is 1. The standard InChI is InChI=1S/C19H20ClNO4/c1-4-16(25-17-8-6-5-7-12(17)2)18(22)21-13-9-10-15(20)14(11-13)19(23)24-3/h5-11,16H,4H2,1-3H3,(H,21,22). The molecule has 2 rings (SSSR count). The van der Waals surface area contributed by atoms with Gasteiger partial charge in [0, 0.05) is 5.69 Å². The molecule has 1 unspecified atom stereocenters. The fraction of sp³-hybridized carbons (Fsp3) is 0.263. The number of amides is 1. The monoisotopic (exact) mass is 361 g/mol. The minimum Gasteiger partial charge on any atom is -0.480 e. The molecule has 2 aromatic rings. The van der Waals surface area contributed by atoms with Crippen molar-refractivity contribution in [1.82, 2.24) is 0 Å². The first-order chi connectivity index (χ1) is 12.0. The van der Waals surface area contributed by atoms with Crippen LogP contribution < -0.4 is 10.1 Å². The third-order valence-corrected chi connectivity index (χ3v) is 3.99. The Morgan fingerprint density at radius 2 is 1.92 bits per heavy atom. The molecule has 5 nitrogen and oxygen atoms in total. The van der Waals surface area contributed by atoms with Crippen LogP contribution in [0.1, 0.15) is 29.3 Å². The van der Waals surface area contributed by atoms with E-state index in [1.807, 2.05) is 38.1 Å². The molecule has 0 aliphatic rings. The van der Waals surface area contributed by atoms with Crippen LogP contribution in [-0.2, 0) is 9.53 Å². The molecule has 0 spiro atoms. The highest BCUT2D eigenvalue weighted by Crippen LogP contribution is 2.23. The topological polar surface area (TPSA) is 64.6 Å². The van der Waals surface area contributed by atoms with Gasteiger partial charge in [-0.1, -0.05) is 36.7 Å². The Kier molecular flexibility index (Phi) is 6.42. The summed E-state index contributed by atoms with van der Waals surface area (Å²) >= 11 is 5.98. The maximum Gasteiger partial charge on any atom is 0.339 e. The Balaban J connectivity index is 2.14. The molecule has 0 radical (unpaired) electrons. The quantitative estimate of drug-likeness (QED) is 0.782. The molecule has 6 heteroatoms. The maximum atomic E-state index is 12.5. The molecule has 0 saturated heterocycles. The van der Waals surface area contributed by atoms with Gasteiger partial charge in [0.05, 0.1) is 17.7 Å². The van der Waals surface area contributed by atoms with E-state index in [1.165, 1.54) is 19.2 Å². The zero-order valence-corrected chi connectivity index (χ0v) is 15.1. The van der Waals surface area contributed by atoms with Crippen molar-refractivity contribution < 1.29 is 19.1 Å². The predicted molar refractivity (Wildman–Crippen MR) is 97.3 cm³/mol. The van der Waals surface area contributed by atoms with Gasteiger partial charge in [-0.15, -0.1) is 0 Å². The second kappa shape index (κ2) is 8.53. The van der Waals surface area contributed by atoms with Crippen LogP contribution in [0.2, 0.25) is 5.02 Å². The summed E-state index contributed by atoms with van der Waals surface area (Å²) in [7, 11) is 1.27. The molecule has 1 amide bonds. The molecule has 2 aromatic carbocycles. The van der Waals surface area contributed by atoms with E-state index in [2.05, 4.69) is 10.1 Å². The highest BCUT2D eigenvalue weighted by atomic mass is 35.5. The van der Waals surface area contributed by atoms with Gasteiger partial charge in [-0.3, -0.25) is 4.79 Å². The number of esters is 1. The van der Waals surface area contributed by atoms with Crippen molar-refractivity contribution >= 4 is 29.2 Å². The summed E-state index contributed by atoms with van der Waals surface area (Å²) in [5.41, 5.74) is 1.59. The van der Waals surface area contributed by atoms with Crippen LogP contribution in [0.5, 0.6) is 5.75 Å². The Morgan fingerprint density at radius 1 is 1.20 bits per heavy atom. The summed E-state index contributed by atoms with van der Waals surface area (Å²) < 4.78 is 10.5. The number of hydrogen-bond acceptors (Lipinski definition) is 4. The molecule has 1 atom stereocenters. The van der Waals surface area contributed by atoms with Crippen LogP contribution in [-0.4, -0.2) is 25.1 Å². The zero-order chi connectivity index (χ0) is 18.4. The van der Waals surface area contributed by atoms with E-state index in [-0.39, 0.29) is 16.5 Å². The fourth-order valence-corrected chi connectivity index (χ4v) is 2.45. The normalized spacial score (nSPS) is 11.5. The van der Waals surface area contributed by atoms with E-state index in [0.29, 0.717) is 17.9 Å². The molecule has 0 heterocycles. The van der Waals surface area contributed by atoms with Gasteiger partial charge < -0.3 is 14.8 Å². The van der Waals surface area contributed by atoms with Crippen LogP contribution in [0, 0.1) is 6.92 Å². The van der Waals surface area contributed by atoms with E-state index in [0.717, 1.165) is 5.56 Å². The van der Waals surface area contributed by atoms with E-state index in [9.17, 15) is 9.59 Å². The van der Waals surface area contributed by atoms with Crippen LogP contribution in [0.15, 0.2) is 42.5 Å². The number of hydrogen-bond donors (Lipinski definition) is 1. The van der Waals surface area contributed by atoms with Gasteiger partial charge in [0.25, 0.3) is 5.91 Å². The van der Waals surface area contributed by atoms with E-state index in [4.69, 9.17) is 16.3 Å². The highest BCUT2D eigenvalue weighted by Gasteiger charge is 2.20. The Hall–Kier alpha value is -2.53. The summed E-state index contributed by atoms with van der Waals surface area (Å²) in [6.45, 7) is 3.78. The van der Waals surface area contributed by atoms with Crippen LogP contribution in [0.3, 0.4) is 0 Å². The Morgan fingerprint density at radius 3 is 2.56 bits per heavy atom. The molecular formula is C19H20ClNO4. The van der Waals surface area contributed by atoms with Gasteiger partial charge >= 0.3 is 5.97 Å². The van der Waals surface area contributed by atoms with Crippen molar-refractivity contribution in [2.75, 3.05) is 12.4 Å². The van der Waals surface area contributed by atoms with Gasteiger partial charge in [0.2, 0.25) is 0 Å². The lowest BCUT2D eigenvalue weighted by atomic mass is 10.1. The predicted octanol–water partition coefficient (Wildman–Crippen LogP) is 4.23. The number of para-hydroxylation sites is 1. The molecule has 0 aromatic heterocycles. The lowest BCUT2D eigenvalue weighted by Gasteiger charge is -2.19. The smallest absolute Gasteiger partial charge is 0.339 e. The third-order valence-electron chi connectivity index (χ3n) is 3.67. The minimum absolute atomic E-state index is 0.190. The molecule has 0 aliphatic heterocycles. The van der Waals surface area contributed by atoms with Crippen molar-refractivity contribution in [3.8, 4) is 5.75 Å². The van der Waals surface area contributed by atoms with Crippen molar-refractivity contribution in [1.29, 1.82) is 0 Å². The lowest BCUT2D eigenvalue weighted by Crippen LogP contribution is -2.32. The minimum atomic E-state index is -0.654. The van der Waals surface area contributed by atoms with Crippen molar-refractivity contribution in [2.24, 2.45) is 0 Å². The number of rotatable bonds is 6. The van der Waals surface area contributed by atoms with Crippen molar-refractivity contribution in [3.05, 3.63) is 58.6 Å². The number of anilines is 1. The number of aryl methyl sites for hydroxylation is 1. The SMILES string of the molecule is CCC(Oc1ccccc1C)C(=O)Nc1ccc(Cl)c(C(=O)OC)c1. The molecule has 1 N–H and O–H groups in total. The lowest BCUT2D eigenvalue weighted by molar-refractivity contribution is -0.122. The largest absolute Gasteiger partial charge is 0.480 e. The highest BCUT2D eigenvalue weighted by molar-refractivity contribution is 6.33. The summed E-state index contributed by atoms with van der Waals surface area (Å²) in [6.07, 6.45) is -0.157. The first-order valence-electron chi connectivity index (χ1n) is 7.87. The van der Waals surface area contributed by atoms with Gasteiger partial charge in [-0.2, -0.15) is 0 Å². The van der Waals surface area contributed by atoms with Gasteiger partial charge in [0.1, 0.15) is 5.75 Å². The third kappa shape index (κ3) is 4.73. The average molecular weight is 362 g/mol. The molecular weight excluding hydrogens is 342 g/mol. The number of halogens is 1. The molecule has 0 fully saturated rings. The molecule has 25 heavy (non-hydrogen) atoms. The number of nitrogens with one attached hydrogen (secondary N) is 1. The van der Waals surface area contributed by atoms with Gasteiger partial charge in [-0.05, 0) is 43.2 Å². The summed E-state index contributed by atoms with van der Waals surface area (Å²) in [5.74, 6) is -0.205. The number of carbonyl (C=O) groups is 2. The van der Waals surface area contributed by atoms with Gasteiger partial charge in [-0.25, -0.2) is 4.79 Å². The van der Waals surface area contributed by atoms with E-state index >= 15 is 0 Å². The molecule has 132 valence electrons. The van der Waals surface area contributed by atoms with Crippen LogP contribution in [0.4, 0.5) is 5.69 Å². The summed E-state index contributed by atoms with van der Waals surface area (Å²) in [5, 5.41) is 3.01. The second-order valence-corrected chi connectivity index (χ2v) is 5.86. The van der Waals surface area contributed by atoms with E-state index < -0.39 is 12.1 Å². The fourth-order valence-electron chi connectivity index (χ4n) is 2.26. The van der Waals surface area contributed by atoms with Crippen molar-refractivity contribution in [2.45, 2.75) is 26.4 Å². The first kappa shape index (κ1) is 18.8.